The first-order valence-electron chi connectivity index (χ1n) is 25.1. The zero-order valence-electron chi connectivity index (χ0n) is 40.2. The Morgan fingerprint density at radius 3 is 1.05 bits per heavy atom. The Morgan fingerprint density at radius 2 is 0.635 bits per heavy atom. The van der Waals surface area contributed by atoms with Gasteiger partial charge in [0.15, 0.2) is 5.82 Å². The molecular weight excluding hydrogens is 915 g/mol. The van der Waals surface area contributed by atoms with E-state index in [4.69, 9.17) is 9.97 Å². The molecule has 74 heavy (non-hydrogen) atoms. The Hall–Kier alpha value is -9.48. The summed E-state index contributed by atoms with van der Waals surface area (Å²) in [5.41, 5.74) is 21.0. The van der Waals surface area contributed by atoms with Crippen molar-refractivity contribution in [3.05, 3.63) is 273 Å². The largest absolute Gasteiger partial charge is 0.308 e. The summed E-state index contributed by atoms with van der Waals surface area (Å²) >= 11 is 1.76. The van der Waals surface area contributed by atoms with E-state index < -0.39 is 0 Å². The summed E-state index contributed by atoms with van der Waals surface area (Å²) in [7, 11) is 0. The van der Waals surface area contributed by atoms with Crippen molar-refractivity contribution >= 4 is 53.4 Å². The highest BCUT2D eigenvalue weighted by Crippen LogP contribution is 2.49. The van der Waals surface area contributed by atoms with Crippen molar-refractivity contribution in [1.29, 1.82) is 0 Å². The quantitative estimate of drug-likeness (QED) is 0.144. The molecule has 3 nitrogen and oxygen atoms in total. The molecule has 0 saturated carbocycles. The van der Waals surface area contributed by atoms with E-state index in [9.17, 15) is 0 Å². The van der Waals surface area contributed by atoms with E-state index in [1.165, 1.54) is 48.9 Å². The van der Waals surface area contributed by atoms with E-state index in [2.05, 4.69) is 271 Å². The Morgan fingerprint density at radius 1 is 0.284 bits per heavy atom. The van der Waals surface area contributed by atoms with Gasteiger partial charge in [0.25, 0.3) is 0 Å². The molecule has 0 unspecified atom stereocenters. The van der Waals surface area contributed by atoms with Gasteiger partial charge in [-0.15, -0.1) is 11.3 Å². The van der Waals surface area contributed by atoms with Crippen molar-refractivity contribution in [1.82, 2.24) is 14.5 Å². The fourth-order valence-corrected chi connectivity index (χ4v) is 12.1. The van der Waals surface area contributed by atoms with Crippen molar-refractivity contribution < 1.29 is 0 Å². The van der Waals surface area contributed by atoms with Gasteiger partial charge in [-0.3, -0.25) is 0 Å². The van der Waals surface area contributed by atoms with Gasteiger partial charge in [-0.05, 0) is 98.1 Å². The average Bonchev–Trinajstić information content (AvgIpc) is 4.02. The minimum Gasteiger partial charge on any atom is -0.308 e. The van der Waals surface area contributed by atoms with E-state index in [0.29, 0.717) is 5.82 Å². The first-order chi connectivity index (χ1) is 36.7. The van der Waals surface area contributed by atoms with Crippen molar-refractivity contribution in [2.75, 3.05) is 0 Å². The standard InChI is InChI=1S/C70H45N3S/c1-8-24-46(25-9-1)55-42-61-62-43-56(47-26-10-2-11-27-47)58(49-30-14-4-15-31-49)45-64(62)73(63(61)44-57(55)48-28-12-3-13-29-48)68-59(50-32-16-5-17-33-50)40-53(41-60(68)51-34-18-6-19-35-51)66-69-67(54-38-22-23-39-65(54)74-69)72-70(71-66)52-36-20-7-21-37-52/h1-45H. The van der Waals surface area contributed by atoms with Crippen LogP contribution in [-0.4, -0.2) is 14.5 Å². The highest BCUT2D eigenvalue weighted by Gasteiger charge is 2.27. The highest BCUT2D eigenvalue weighted by atomic mass is 32.1. The van der Waals surface area contributed by atoms with Crippen LogP contribution in [0.2, 0.25) is 0 Å². The molecule has 0 N–H and O–H groups in total. The molecule has 0 aliphatic heterocycles. The third kappa shape index (κ3) is 7.51. The third-order valence-corrected chi connectivity index (χ3v) is 15.6. The first kappa shape index (κ1) is 43.3. The minimum absolute atomic E-state index is 0.705. The zero-order valence-corrected chi connectivity index (χ0v) is 41.0. The molecule has 0 atom stereocenters. The van der Waals surface area contributed by atoms with Gasteiger partial charge in [-0.25, -0.2) is 9.97 Å². The van der Waals surface area contributed by atoms with Crippen LogP contribution in [0, 0.1) is 0 Å². The number of rotatable bonds is 9. The van der Waals surface area contributed by atoms with Crippen molar-refractivity contribution in [3.8, 4) is 95.1 Å². The second-order valence-corrected chi connectivity index (χ2v) is 19.9. The average molecular weight is 960 g/mol. The Balaban J connectivity index is 1.17. The molecule has 0 amide bonds. The van der Waals surface area contributed by atoms with E-state index in [0.717, 1.165) is 82.5 Å². The summed E-state index contributed by atoms with van der Waals surface area (Å²) in [5, 5.41) is 3.48. The van der Waals surface area contributed by atoms with E-state index in [1.807, 2.05) is 6.07 Å². The molecule has 0 saturated heterocycles. The van der Waals surface area contributed by atoms with E-state index in [-0.39, 0.29) is 0 Å². The van der Waals surface area contributed by atoms with Crippen LogP contribution < -0.4 is 0 Å². The fourth-order valence-electron chi connectivity index (χ4n) is 11.0. The van der Waals surface area contributed by atoms with Crippen LogP contribution in [0.4, 0.5) is 0 Å². The molecule has 0 fully saturated rings. The predicted molar refractivity (Wildman–Crippen MR) is 313 cm³/mol. The van der Waals surface area contributed by atoms with Gasteiger partial charge in [0.2, 0.25) is 0 Å². The molecule has 11 aromatic carbocycles. The summed E-state index contributed by atoms with van der Waals surface area (Å²) in [5.74, 6) is 0.705. The highest BCUT2D eigenvalue weighted by molar-refractivity contribution is 7.26. The Labute approximate surface area is 433 Å². The van der Waals surface area contributed by atoms with Crippen LogP contribution in [0.15, 0.2) is 273 Å². The van der Waals surface area contributed by atoms with E-state index >= 15 is 0 Å². The molecule has 346 valence electrons. The Bertz CT molecular complexity index is 4160. The lowest BCUT2D eigenvalue weighted by Gasteiger charge is -2.22. The van der Waals surface area contributed by atoms with Crippen LogP contribution in [0.5, 0.6) is 0 Å². The number of hydrogen-bond acceptors (Lipinski definition) is 3. The number of hydrogen-bond donors (Lipinski definition) is 0. The van der Waals surface area contributed by atoms with Crippen molar-refractivity contribution in [2.45, 2.75) is 0 Å². The fraction of sp³-hybridized carbons (Fsp3) is 0. The number of thiophene rings is 1. The van der Waals surface area contributed by atoms with Gasteiger partial charge in [-0.2, -0.15) is 0 Å². The third-order valence-electron chi connectivity index (χ3n) is 14.4. The summed E-state index contributed by atoms with van der Waals surface area (Å²) in [6.45, 7) is 0. The molecule has 0 bridgehead atoms. The number of fused-ring (bicyclic) bond motifs is 6. The van der Waals surface area contributed by atoms with Gasteiger partial charge < -0.3 is 4.57 Å². The maximum absolute atomic E-state index is 5.56. The van der Waals surface area contributed by atoms with Crippen molar-refractivity contribution in [2.24, 2.45) is 0 Å². The minimum atomic E-state index is 0.705. The summed E-state index contributed by atoms with van der Waals surface area (Å²) in [6.07, 6.45) is 0. The second kappa shape index (κ2) is 18.3. The normalized spacial score (nSPS) is 11.5. The molecule has 3 aromatic heterocycles. The lowest BCUT2D eigenvalue weighted by atomic mass is 9.91. The molecule has 14 aromatic rings. The molecular formula is C70H45N3S. The van der Waals surface area contributed by atoms with E-state index in [1.54, 1.807) is 11.3 Å². The monoisotopic (exact) mass is 959 g/mol. The summed E-state index contributed by atoms with van der Waals surface area (Å²) in [4.78, 5) is 10.9. The molecule has 14 rings (SSSR count). The smallest absolute Gasteiger partial charge is 0.160 e. The van der Waals surface area contributed by atoms with Gasteiger partial charge in [0, 0.05) is 43.1 Å². The van der Waals surface area contributed by atoms with Crippen LogP contribution >= 0.6 is 11.3 Å². The SMILES string of the molecule is c1ccc(-c2nc(-c3cc(-c4ccccc4)c(-n4c5cc(-c6ccccc6)c(-c6ccccc6)cc5c5cc(-c6ccccc6)c(-c6ccccc6)cc54)c(-c4ccccc4)c3)c3sc4ccccc4c3n2)cc1. The number of benzene rings is 11. The van der Waals surface area contributed by atoms with Crippen LogP contribution in [-0.2, 0) is 0 Å². The van der Waals surface area contributed by atoms with Crippen molar-refractivity contribution in [3.63, 3.8) is 0 Å². The topological polar surface area (TPSA) is 30.7 Å². The maximum atomic E-state index is 5.56. The number of nitrogens with zero attached hydrogens (tertiary/aromatic N) is 3. The van der Waals surface area contributed by atoms with Gasteiger partial charge in [0.1, 0.15) is 0 Å². The maximum Gasteiger partial charge on any atom is 0.160 e. The molecule has 0 aliphatic rings. The second-order valence-electron chi connectivity index (χ2n) is 18.8. The zero-order chi connectivity index (χ0) is 49.0. The van der Waals surface area contributed by atoms with Gasteiger partial charge in [0.05, 0.1) is 32.6 Å². The summed E-state index contributed by atoms with van der Waals surface area (Å²) in [6, 6.07) is 98.9. The first-order valence-corrected chi connectivity index (χ1v) is 26.0. The lowest BCUT2D eigenvalue weighted by Crippen LogP contribution is -2.03. The summed E-state index contributed by atoms with van der Waals surface area (Å²) < 4.78 is 4.83. The van der Waals surface area contributed by atoms with Crippen LogP contribution in [0.25, 0.3) is 137 Å². The molecule has 0 radical (unpaired) electrons. The van der Waals surface area contributed by atoms with Gasteiger partial charge in [-0.1, -0.05) is 231 Å². The number of aromatic nitrogens is 3. The molecule has 0 spiro atoms. The Kier molecular flexibility index (Phi) is 10.7. The van der Waals surface area contributed by atoms with Crippen LogP contribution in [0.1, 0.15) is 0 Å². The van der Waals surface area contributed by atoms with Gasteiger partial charge >= 0.3 is 0 Å². The molecule has 3 heterocycles. The van der Waals surface area contributed by atoms with Crippen LogP contribution in [0.3, 0.4) is 0 Å². The predicted octanol–water partition coefficient (Wildman–Crippen LogP) is 19.3. The molecule has 4 heteroatoms. The lowest BCUT2D eigenvalue weighted by molar-refractivity contribution is 1.18. The molecule has 0 aliphatic carbocycles.